The molecule has 1 amide bonds. The van der Waals surface area contributed by atoms with Gasteiger partial charge in [0.05, 0.1) is 28.8 Å². The Labute approximate surface area is 215 Å². The van der Waals surface area contributed by atoms with E-state index in [4.69, 9.17) is 0 Å². The molecular formula is C29H27N7O. The van der Waals surface area contributed by atoms with Crippen LogP contribution in [-0.2, 0) is 6.42 Å². The zero-order valence-corrected chi connectivity index (χ0v) is 20.7. The van der Waals surface area contributed by atoms with Gasteiger partial charge in [0.2, 0.25) is 5.95 Å². The van der Waals surface area contributed by atoms with Gasteiger partial charge in [0.1, 0.15) is 0 Å². The number of nitrogens with one attached hydrogen (secondary N) is 2. The molecular weight excluding hydrogens is 462 g/mol. The van der Waals surface area contributed by atoms with E-state index in [1.807, 2.05) is 78.3 Å². The van der Waals surface area contributed by atoms with Gasteiger partial charge in [0.25, 0.3) is 5.91 Å². The average molecular weight is 490 g/mol. The number of rotatable bonds is 8. The lowest BCUT2D eigenvalue weighted by atomic mass is 10.1. The van der Waals surface area contributed by atoms with Crippen LogP contribution in [0, 0.1) is 6.92 Å². The second kappa shape index (κ2) is 10.8. The minimum atomic E-state index is -0.199. The first-order valence-electron chi connectivity index (χ1n) is 12.2. The first-order valence-corrected chi connectivity index (χ1v) is 12.2. The van der Waals surface area contributed by atoms with Crippen LogP contribution >= 0.6 is 0 Å². The molecule has 0 aliphatic rings. The largest absolute Gasteiger partial charge is 0.324 e. The molecule has 0 aliphatic heterocycles. The van der Waals surface area contributed by atoms with Gasteiger partial charge in [0.15, 0.2) is 0 Å². The second-order valence-corrected chi connectivity index (χ2v) is 8.62. The Morgan fingerprint density at radius 1 is 0.973 bits per heavy atom. The normalized spacial score (nSPS) is 10.8. The van der Waals surface area contributed by atoms with Crippen LogP contribution < -0.4 is 10.6 Å². The van der Waals surface area contributed by atoms with E-state index in [0.717, 1.165) is 46.7 Å². The third kappa shape index (κ3) is 5.38. The first kappa shape index (κ1) is 23.9. The summed E-state index contributed by atoms with van der Waals surface area (Å²) in [6.45, 7) is 4.08. The van der Waals surface area contributed by atoms with Crippen molar-refractivity contribution in [2.75, 3.05) is 10.6 Å². The molecule has 2 N–H and O–H groups in total. The van der Waals surface area contributed by atoms with Crippen LogP contribution in [0.4, 0.5) is 17.3 Å². The number of hydrogen-bond acceptors (Lipinski definition) is 6. The summed E-state index contributed by atoms with van der Waals surface area (Å²) in [5, 5.41) is 10.8. The van der Waals surface area contributed by atoms with E-state index in [1.54, 1.807) is 24.8 Å². The van der Waals surface area contributed by atoms with Crippen LogP contribution in [0.25, 0.3) is 16.9 Å². The lowest BCUT2D eigenvalue weighted by molar-refractivity contribution is 0.102. The molecule has 0 fully saturated rings. The predicted molar refractivity (Wildman–Crippen MR) is 145 cm³/mol. The Kier molecular flexibility index (Phi) is 6.98. The number of nitrogens with zero attached hydrogens (tertiary/aromatic N) is 5. The van der Waals surface area contributed by atoms with Gasteiger partial charge < -0.3 is 10.6 Å². The molecule has 0 saturated heterocycles. The fourth-order valence-corrected chi connectivity index (χ4v) is 4.08. The van der Waals surface area contributed by atoms with E-state index in [1.165, 1.54) is 0 Å². The number of carbonyl (C=O) groups is 1. The van der Waals surface area contributed by atoms with Crippen molar-refractivity contribution in [1.82, 2.24) is 24.7 Å². The van der Waals surface area contributed by atoms with Crippen molar-refractivity contribution in [1.29, 1.82) is 0 Å². The zero-order chi connectivity index (χ0) is 25.6. The van der Waals surface area contributed by atoms with Crippen molar-refractivity contribution in [3.05, 3.63) is 108 Å². The highest BCUT2D eigenvalue weighted by Crippen LogP contribution is 2.25. The highest BCUT2D eigenvalue weighted by atomic mass is 16.1. The maximum absolute atomic E-state index is 13.3. The molecule has 0 aliphatic carbocycles. The quantitative estimate of drug-likeness (QED) is 0.278. The van der Waals surface area contributed by atoms with Crippen molar-refractivity contribution in [2.24, 2.45) is 0 Å². The average Bonchev–Trinajstić information content (AvgIpc) is 3.36. The van der Waals surface area contributed by atoms with Crippen LogP contribution in [0.15, 0.2) is 91.5 Å². The summed E-state index contributed by atoms with van der Waals surface area (Å²) in [6, 6.07) is 21.2. The van der Waals surface area contributed by atoms with Gasteiger partial charge in [-0.05, 0) is 61.4 Å². The Morgan fingerprint density at radius 3 is 2.62 bits per heavy atom. The molecule has 0 unspecified atom stereocenters. The highest BCUT2D eigenvalue weighted by Gasteiger charge is 2.18. The Morgan fingerprint density at radius 2 is 1.84 bits per heavy atom. The first-order chi connectivity index (χ1) is 18.1. The number of amides is 1. The monoisotopic (exact) mass is 489 g/mol. The molecule has 2 aromatic carbocycles. The highest BCUT2D eigenvalue weighted by molar-refractivity contribution is 6.05. The van der Waals surface area contributed by atoms with Crippen molar-refractivity contribution in [2.45, 2.75) is 26.7 Å². The number of anilines is 3. The second-order valence-electron chi connectivity index (χ2n) is 8.62. The smallest absolute Gasteiger partial charge is 0.259 e. The Balaban J connectivity index is 1.37. The number of aromatic nitrogens is 5. The van der Waals surface area contributed by atoms with Gasteiger partial charge in [-0.2, -0.15) is 5.10 Å². The lowest BCUT2D eigenvalue weighted by Crippen LogP contribution is -2.15. The van der Waals surface area contributed by atoms with Crippen molar-refractivity contribution >= 4 is 23.2 Å². The summed E-state index contributed by atoms with van der Waals surface area (Å²) in [6.07, 6.45) is 8.47. The number of pyridine rings is 1. The predicted octanol–water partition coefficient (Wildman–Crippen LogP) is 5.98. The van der Waals surface area contributed by atoms with Crippen LogP contribution in [-0.4, -0.2) is 30.6 Å². The fourth-order valence-electron chi connectivity index (χ4n) is 4.08. The van der Waals surface area contributed by atoms with E-state index in [0.29, 0.717) is 17.2 Å². The summed E-state index contributed by atoms with van der Waals surface area (Å²) in [4.78, 5) is 26.4. The number of hydrogen-bond donors (Lipinski definition) is 2. The van der Waals surface area contributed by atoms with Crippen molar-refractivity contribution < 1.29 is 4.79 Å². The molecule has 3 aromatic heterocycles. The molecule has 3 heterocycles. The van der Waals surface area contributed by atoms with E-state index in [9.17, 15) is 4.79 Å². The number of carbonyl (C=O) groups excluding carboxylic acids is 1. The van der Waals surface area contributed by atoms with E-state index >= 15 is 0 Å². The Bertz CT molecular complexity index is 1510. The molecule has 0 bridgehead atoms. The molecule has 5 aromatic rings. The maximum atomic E-state index is 13.3. The van der Waals surface area contributed by atoms with Crippen LogP contribution in [0.1, 0.15) is 35.0 Å². The minimum Gasteiger partial charge on any atom is -0.324 e. The van der Waals surface area contributed by atoms with Gasteiger partial charge >= 0.3 is 0 Å². The Hall–Kier alpha value is -4.85. The molecule has 37 heavy (non-hydrogen) atoms. The summed E-state index contributed by atoms with van der Waals surface area (Å²) in [5.74, 6) is 0.262. The summed E-state index contributed by atoms with van der Waals surface area (Å²) in [5.41, 5.74) is 6.52. The molecule has 0 spiro atoms. The van der Waals surface area contributed by atoms with Gasteiger partial charge in [-0.1, -0.05) is 37.6 Å². The molecule has 184 valence electrons. The summed E-state index contributed by atoms with van der Waals surface area (Å²) >= 11 is 0. The molecule has 0 radical (unpaired) electrons. The minimum absolute atomic E-state index is 0.199. The number of para-hydroxylation sites is 1. The summed E-state index contributed by atoms with van der Waals surface area (Å²) in [7, 11) is 0. The van der Waals surface area contributed by atoms with E-state index in [-0.39, 0.29) is 5.91 Å². The van der Waals surface area contributed by atoms with Crippen molar-refractivity contribution in [3.63, 3.8) is 0 Å². The van der Waals surface area contributed by atoms with E-state index in [2.05, 4.69) is 37.6 Å². The van der Waals surface area contributed by atoms with Gasteiger partial charge in [-0.25, -0.2) is 14.6 Å². The van der Waals surface area contributed by atoms with Gasteiger partial charge in [-0.15, -0.1) is 0 Å². The molecule has 0 atom stereocenters. The fraction of sp³-hybridized carbons (Fsp3) is 0.138. The summed E-state index contributed by atoms with van der Waals surface area (Å²) < 4.78 is 1.84. The third-order valence-electron chi connectivity index (χ3n) is 5.96. The lowest BCUT2D eigenvalue weighted by Gasteiger charge is -2.13. The zero-order valence-electron chi connectivity index (χ0n) is 20.7. The number of aryl methyl sites for hydroxylation is 1. The van der Waals surface area contributed by atoms with Crippen molar-refractivity contribution in [3.8, 4) is 16.9 Å². The molecule has 8 nitrogen and oxygen atoms in total. The SMILES string of the molecule is CCCc1c(C(=O)Nc2ccc(C)c(Nc3nccc(-c4cccnc4)n3)c2)cnn1-c1ccccc1. The van der Waals surface area contributed by atoms with Gasteiger partial charge in [-0.3, -0.25) is 9.78 Å². The molecule has 8 heteroatoms. The van der Waals surface area contributed by atoms with Gasteiger partial charge in [0, 0.05) is 35.5 Å². The maximum Gasteiger partial charge on any atom is 0.259 e. The molecule has 5 rings (SSSR count). The third-order valence-corrected chi connectivity index (χ3v) is 5.96. The standard InChI is InChI=1S/C29H27N7O/c1-3-8-27-24(19-32-36(27)23-10-5-4-6-11-23)28(37)33-22-13-12-20(2)26(17-22)35-29-31-16-14-25(34-29)21-9-7-15-30-18-21/h4-7,9-19H,3,8H2,1-2H3,(H,33,37)(H,31,34,35). The topological polar surface area (TPSA) is 97.6 Å². The van der Waals surface area contributed by atoms with Crippen LogP contribution in [0.3, 0.4) is 0 Å². The van der Waals surface area contributed by atoms with Crippen LogP contribution in [0.2, 0.25) is 0 Å². The molecule has 0 saturated carbocycles. The van der Waals surface area contributed by atoms with Crippen LogP contribution in [0.5, 0.6) is 0 Å². The van der Waals surface area contributed by atoms with E-state index < -0.39 is 0 Å². The number of benzene rings is 2.